The SMILES string of the molecule is CCCCCC(O)C=C[C@H]1C(O)CC2OC(=O)CC21. The van der Waals surface area contributed by atoms with Crippen molar-refractivity contribution in [3.63, 3.8) is 0 Å². The summed E-state index contributed by atoms with van der Waals surface area (Å²) in [6.07, 6.45) is 7.58. The van der Waals surface area contributed by atoms with Crippen molar-refractivity contribution in [1.29, 1.82) is 0 Å². The molecule has 1 saturated heterocycles. The number of carbonyl (C=O) groups is 1. The lowest BCUT2D eigenvalue weighted by Crippen LogP contribution is -2.18. The average Bonchev–Trinajstić information content (AvgIpc) is 2.82. The standard InChI is InChI=1S/C15H24O4/c1-2-3-4-5-10(16)6-7-11-12-8-15(18)19-14(12)9-13(11)17/h6-7,10-14,16-17H,2-5,8-9H2,1H3/t10?,11-,12?,13?,14?/m1/s1. The van der Waals surface area contributed by atoms with E-state index in [9.17, 15) is 15.0 Å². The van der Waals surface area contributed by atoms with Gasteiger partial charge < -0.3 is 14.9 Å². The maximum absolute atomic E-state index is 11.2. The molecule has 1 heterocycles. The van der Waals surface area contributed by atoms with Crippen LogP contribution in [-0.4, -0.2) is 34.5 Å². The van der Waals surface area contributed by atoms with Crippen LogP contribution < -0.4 is 0 Å². The third-order valence-corrected chi connectivity index (χ3v) is 4.23. The van der Waals surface area contributed by atoms with Crippen LogP contribution in [0.1, 0.15) is 45.4 Å². The summed E-state index contributed by atoms with van der Waals surface area (Å²) in [5.74, 6) is -0.136. The summed E-state index contributed by atoms with van der Waals surface area (Å²) in [6, 6.07) is 0. The fourth-order valence-electron chi connectivity index (χ4n) is 3.14. The highest BCUT2D eigenvalue weighted by atomic mass is 16.6. The lowest BCUT2D eigenvalue weighted by Gasteiger charge is -2.15. The number of aliphatic hydroxyl groups is 2. The minimum Gasteiger partial charge on any atom is -0.462 e. The maximum atomic E-state index is 11.2. The van der Waals surface area contributed by atoms with Crippen molar-refractivity contribution in [2.24, 2.45) is 11.8 Å². The molecule has 2 fully saturated rings. The summed E-state index contributed by atoms with van der Waals surface area (Å²) < 4.78 is 5.18. The van der Waals surface area contributed by atoms with Gasteiger partial charge in [-0.05, 0) is 6.42 Å². The minimum absolute atomic E-state index is 0.0581. The third kappa shape index (κ3) is 3.57. The van der Waals surface area contributed by atoms with E-state index >= 15 is 0 Å². The van der Waals surface area contributed by atoms with Crippen LogP contribution in [0.5, 0.6) is 0 Å². The number of fused-ring (bicyclic) bond motifs is 1. The third-order valence-electron chi connectivity index (χ3n) is 4.23. The molecule has 0 aromatic heterocycles. The second-order valence-electron chi connectivity index (χ2n) is 5.72. The Kier molecular flexibility index (Phi) is 4.99. The number of hydrogen-bond donors (Lipinski definition) is 2. The molecule has 2 rings (SSSR count). The average molecular weight is 268 g/mol. The van der Waals surface area contributed by atoms with Crippen molar-refractivity contribution in [1.82, 2.24) is 0 Å². The van der Waals surface area contributed by atoms with Crippen molar-refractivity contribution in [2.45, 2.75) is 63.8 Å². The molecule has 19 heavy (non-hydrogen) atoms. The van der Waals surface area contributed by atoms with Gasteiger partial charge in [0.2, 0.25) is 0 Å². The van der Waals surface area contributed by atoms with Gasteiger partial charge in [-0.3, -0.25) is 4.79 Å². The topological polar surface area (TPSA) is 66.8 Å². The van der Waals surface area contributed by atoms with Crippen molar-refractivity contribution in [3.8, 4) is 0 Å². The summed E-state index contributed by atoms with van der Waals surface area (Å²) >= 11 is 0. The Morgan fingerprint density at radius 2 is 2.26 bits per heavy atom. The van der Waals surface area contributed by atoms with Gasteiger partial charge in [-0.1, -0.05) is 38.3 Å². The quantitative estimate of drug-likeness (QED) is 0.438. The van der Waals surface area contributed by atoms with Gasteiger partial charge in [0.15, 0.2) is 0 Å². The van der Waals surface area contributed by atoms with Gasteiger partial charge in [-0.15, -0.1) is 0 Å². The number of carbonyl (C=O) groups excluding carboxylic acids is 1. The number of esters is 1. The first-order chi connectivity index (χ1) is 9.11. The van der Waals surface area contributed by atoms with E-state index in [4.69, 9.17) is 4.74 Å². The fourth-order valence-corrected chi connectivity index (χ4v) is 3.14. The van der Waals surface area contributed by atoms with Gasteiger partial charge in [0.1, 0.15) is 6.10 Å². The molecule has 0 amide bonds. The van der Waals surface area contributed by atoms with E-state index in [0.717, 1.165) is 25.7 Å². The zero-order valence-electron chi connectivity index (χ0n) is 11.5. The number of rotatable bonds is 6. The lowest BCUT2D eigenvalue weighted by atomic mass is 9.91. The van der Waals surface area contributed by atoms with Crippen molar-refractivity contribution in [3.05, 3.63) is 12.2 Å². The first kappa shape index (κ1) is 14.5. The van der Waals surface area contributed by atoms with E-state index in [1.165, 1.54) is 0 Å². The predicted molar refractivity (Wildman–Crippen MR) is 71.4 cm³/mol. The van der Waals surface area contributed by atoms with Crippen LogP contribution in [0.2, 0.25) is 0 Å². The molecule has 0 aromatic carbocycles. The summed E-state index contributed by atoms with van der Waals surface area (Å²) in [5, 5.41) is 19.8. The molecular formula is C15H24O4. The van der Waals surface area contributed by atoms with Gasteiger partial charge in [0, 0.05) is 18.3 Å². The minimum atomic E-state index is -0.456. The van der Waals surface area contributed by atoms with Gasteiger partial charge >= 0.3 is 5.97 Å². The summed E-state index contributed by atoms with van der Waals surface area (Å²) in [7, 11) is 0. The largest absolute Gasteiger partial charge is 0.462 e. The monoisotopic (exact) mass is 268 g/mol. The first-order valence-corrected chi connectivity index (χ1v) is 7.35. The first-order valence-electron chi connectivity index (χ1n) is 7.35. The van der Waals surface area contributed by atoms with Crippen LogP contribution in [0.4, 0.5) is 0 Å². The van der Waals surface area contributed by atoms with Gasteiger partial charge in [-0.25, -0.2) is 0 Å². The van der Waals surface area contributed by atoms with E-state index in [1.807, 2.05) is 6.08 Å². The molecule has 0 spiro atoms. The van der Waals surface area contributed by atoms with Crippen LogP contribution >= 0.6 is 0 Å². The second kappa shape index (κ2) is 6.53. The molecule has 4 nitrogen and oxygen atoms in total. The van der Waals surface area contributed by atoms with Gasteiger partial charge in [0.05, 0.1) is 18.6 Å². The second-order valence-corrected chi connectivity index (χ2v) is 5.72. The highest BCUT2D eigenvalue weighted by molar-refractivity contribution is 5.72. The van der Waals surface area contributed by atoms with Crippen molar-refractivity contribution in [2.75, 3.05) is 0 Å². The number of unbranched alkanes of at least 4 members (excludes halogenated alkanes) is 2. The molecule has 5 atom stereocenters. The summed E-state index contributed by atoms with van der Waals surface area (Å²) in [6.45, 7) is 2.13. The maximum Gasteiger partial charge on any atom is 0.306 e. The summed E-state index contributed by atoms with van der Waals surface area (Å²) in [4.78, 5) is 11.2. The number of ether oxygens (including phenoxy) is 1. The molecule has 4 heteroatoms. The van der Waals surface area contributed by atoms with Crippen LogP contribution in [0, 0.1) is 11.8 Å². The predicted octanol–water partition coefficient (Wildman–Crippen LogP) is 1.80. The lowest BCUT2D eigenvalue weighted by molar-refractivity contribution is -0.141. The van der Waals surface area contributed by atoms with Crippen LogP contribution in [0.3, 0.4) is 0 Å². The molecule has 1 aliphatic carbocycles. The van der Waals surface area contributed by atoms with Crippen molar-refractivity contribution >= 4 is 5.97 Å². The molecule has 2 aliphatic rings. The molecular weight excluding hydrogens is 244 g/mol. The van der Waals surface area contributed by atoms with E-state index in [0.29, 0.717) is 12.8 Å². The number of aliphatic hydroxyl groups excluding tert-OH is 2. The van der Waals surface area contributed by atoms with E-state index in [-0.39, 0.29) is 23.9 Å². The zero-order valence-corrected chi connectivity index (χ0v) is 11.5. The molecule has 1 aliphatic heterocycles. The highest BCUT2D eigenvalue weighted by Crippen LogP contribution is 2.42. The van der Waals surface area contributed by atoms with Gasteiger partial charge in [-0.2, -0.15) is 0 Å². The Labute approximate surface area is 114 Å². The molecule has 2 N–H and O–H groups in total. The Hall–Kier alpha value is -0.870. The Morgan fingerprint density at radius 1 is 1.47 bits per heavy atom. The molecule has 0 aromatic rings. The van der Waals surface area contributed by atoms with E-state index in [2.05, 4.69) is 6.92 Å². The number of hydrogen-bond acceptors (Lipinski definition) is 4. The Bertz CT molecular complexity index is 339. The summed E-state index contributed by atoms with van der Waals surface area (Å²) in [5.41, 5.74) is 0. The van der Waals surface area contributed by atoms with E-state index in [1.54, 1.807) is 6.08 Å². The Balaban J connectivity index is 1.85. The van der Waals surface area contributed by atoms with Gasteiger partial charge in [0.25, 0.3) is 0 Å². The fraction of sp³-hybridized carbons (Fsp3) is 0.800. The molecule has 0 radical (unpaired) electrons. The molecule has 4 unspecified atom stereocenters. The molecule has 108 valence electrons. The van der Waals surface area contributed by atoms with E-state index < -0.39 is 12.2 Å². The molecule has 1 saturated carbocycles. The smallest absolute Gasteiger partial charge is 0.306 e. The van der Waals surface area contributed by atoms with Crippen LogP contribution in [-0.2, 0) is 9.53 Å². The highest BCUT2D eigenvalue weighted by Gasteiger charge is 2.48. The van der Waals surface area contributed by atoms with Crippen LogP contribution in [0.25, 0.3) is 0 Å². The normalized spacial score (nSPS) is 35.6. The molecule has 0 bridgehead atoms. The van der Waals surface area contributed by atoms with Crippen molar-refractivity contribution < 1.29 is 19.7 Å². The Morgan fingerprint density at radius 3 is 3.00 bits per heavy atom. The zero-order chi connectivity index (χ0) is 13.8. The van der Waals surface area contributed by atoms with Crippen LogP contribution in [0.15, 0.2) is 12.2 Å².